The van der Waals surface area contributed by atoms with Crippen molar-refractivity contribution in [1.82, 2.24) is 5.32 Å². The van der Waals surface area contributed by atoms with Crippen molar-refractivity contribution in [2.75, 3.05) is 6.54 Å². The van der Waals surface area contributed by atoms with Crippen molar-refractivity contribution in [3.8, 4) is 0 Å². The van der Waals surface area contributed by atoms with E-state index in [2.05, 4.69) is 35.1 Å². The van der Waals surface area contributed by atoms with Gasteiger partial charge in [-0.3, -0.25) is 0 Å². The summed E-state index contributed by atoms with van der Waals surface area (Å²) in [6, 6.07) is 3.55. The zero-order chi connectivity index (χ0) is 11.7. The summed E-state index contributed by atoms with van der Waals surface area (Å²) in [7, 11) is 0. The number of hydrogen-bond donors (Lipinski definition) is 1. The Kier molecular flexibility index (Phi) is 3.65. The molecule has 2 rings (SSSR count). The lowest BCUT2D eigenvalue weighted by molar-refractivity contribution is 0.416. The van der Waals surface area contributed by atoms with Gasteiger partial charge < -0.3 is 5.32 Å². The number of nitrogens with one attached hydrogen (secondary N) is 1. The van der Waals surface area contributed by atoms with Gasteiger partial charge in [-0.05, 0) is 48.6 Å². The fourth-order valence-electron chi connectivity index (χ4n) is 2.47. The van der Waals surface area contributed by atoms with E-state index in [9.17, 15) is 4.39 Å². The van der Waals surface area contributed by atoms with E-state index in [1.54, 1.807) is 12.1 Å². The molecule has 0 amide bonds. The largest absolute Gasteiger partial charge is 0.310 e. The highest BCUT2D eigenvalue weighted by molar-refractivity contribution is 9.10. The Labute approximate surface area is 105 Å². The summed E-state index contributed by atoms with van der Waals surface area (Å²) < 4.78 is 14.3. The van der Waals surface area contributed by atoms with Gasteiger partial charge in [0.05, 0.1) is 0 Å². The van der Waals surface area contributed by atoms with Gasteiger partial charge in [0.2, 0.25) is 0 Å². The predicted molar refractivity (Wildman–Crippen MR) is 68.0 cm³/mol. The molecule has 1 aliphatic rings. The van der Waals surface area contributed by atoms with Crippen LogP contribution in [0.1, 0.15) is 37.4 Å². The molecule has 0 fully saturated rings. The van der Waals surface area contributed by atoms with Crippen LogP contribution in [0.4, 0.5) is 4.39 Å². The first kappa shape index (κ1) is 12.1. The molecular formula is C13H17BrFN. The van der Waals surface area contributed by atoms with Crippen LogP contribution >= 0.6 is 15.9 Å². The lowest BCUT2D eigenvalue weighted by Crippen LogP contribution is -2.24. The summed E-state index contributed by atoms with van der Waals surface area (Å²) in [6.07, 6.45) is 2.13. The van der Waals surface area contributed by atoms with E-state index in [1.807, 2.05) is 0 Å². The molecule has 1 aromatic carbocycles. The van der Waals surface area contributed by atoms with E-state index in [0.29, 0.717) is 12.0 Å². The van der Waals surface area contributed by atoms with Gasteiger partial charge >= 0.3 is 0 Å². The quantitative estimate of drug-likeness (QED) is 0.890. The molecule has 3 heteroatoms. The highest BCUT2D eigenvalue weighted by atomic mass is 79.9. The molecule has 0 radical (unpaired) electrons. The van der Waals surface area contributed by atoms with E-state index in [0.717, 1.165) is 29.4 Å². The molecule has 1 nitrogen and oxygen atoms in total. The molecule has 1 N–H and O–H groups in total. The van der Waals surface area contributed by atoms with Crippen LogP contribution in [0.25, 0.3) is 0 Å². The van der Waals surface area contributed by atoms with E-state index in [4.69, 9.17) is 0 Å². The molecule has 0 bridgehead atoms. The molecule has 0 saturated heterocycles. The molecule has 0 heterocycles. The molecule has 1 aliphatic carbocycles. The third-order valence-corrected chi connectivity index (χ3v) is 3.95. The first-order valence-corrected chi connectivity index (χ1v) is 6.64. The van der Waals surface area contributed by atoms with Crippen molar-refractivity contribution in [2.24, 2.45) is 5.92 Å². The Bertz CT molecular complexity index is 392. The second-order valence-electron chi connectivity index (χ2n) is 4.57. The second-order valence-corrected chi connectivity index (χ2v) is 5.42. The molecule has 2 atom stereocenters. The molecule has 0 aromatic heterocycles. The molecule has 0 spiro atoms. The highest BCUT2D eigenvalue weighted by Gasteiger charge is 2.30. The van der Waals surface area contributed by atoms with Gasteiger partial charge in [0.15, 0.2) is 0 Å². The van der Waals surface area contributed by atoms with E-state index < -0.39 is 0 Å². The summed E-state index contributed by atoms with van der Waals surface area (Å²) in [4.78, 5) is 0. The van der Waals surface area contributed by atoms with Crippen LogP contribution in [0.2, 0.25) is 0 Å². The fraction of sp³-hybridized carbons (Fsp3) is 0.538. The normalized spacial score (nSPS) is 23.5. The van der Waals surface area contributed by atoms with Gasteiger partial charge in [-0.2, -0.15) is 0 Å². The Hall–Kier alpha value is -0.410. The standard InChI is InChI=1S/C13H17BrFN/c1-3-4-16-13-8(2)5-10-11(13)6-9(15)7-12(10)14/h6-8,13,16H,3-5H2,1-2H3. The Morgan fingerprint density at radius 2 is 2.25 bits per heavy atom. The fourth-order valence-corrected chi connectivity index (χ4v) is 3.08. The molecule has 88 valence electrons. The van der Waals surface area contributed by atoms with Crippen LogP contribution in [0.5, 0.6) is 0 Å². The first-order valence-electron chi connectivity index (χ1n) is 5.84. The summed E-state index contributed by atoms with van der Waals surface area (Å²) in [5.41, 5.74) is 2.40. The molecular weight excluding hydrogens is 269 g/mol. The van der Waals surface area contributed by atoms with Gasteiger partial charge in [0.1, 0.15) is 5.82 Å². The van der Waals surface area contributed by atoms with Gasteiger partial charge in [-0.1, -0.05) is 29.8 Å². The minimum atomic E-state index is -0.150. The Morgan fingerprint density at radius 3 is 2.94 bits per heavy atom. The van der Waals surface area contributed by atoms with E-state index in [-0.39, 0.29) is 5.82 Å². The zero-order valence-corrected chi connectivity index (χ0v) is 11.3. The third-order valence-electron chi connectivity index (χ3n) is 3.24. The first-order chi connectivity index (χ1) is 7.63. The monoisotopic (exact) mass is 285 g/mol. The zero-order valence-electron chi connectivity index (χ0n) is 9.69. The average Bonchev–Trinajstić information content (AvgIpc) is 2.53. The molecule has 0 saturated carbocycles. The second kappa shape index (κ2) is 4.84. The number of fused-ring (bicyclic) bond motifs is 1. The van der Waals surface area contributed by atoms with Crippen LogP contribution in [0.15, 0.2) is 16.6 Å². The van der Waals surface area contributed by atoms with Crippen LogP contribution in [-0.2, 0) is 6.42 Å². The van der Waals surface area contributed by atoms with Crippen molar-refractivity contribution >= 4 is 15.9 Å². The SMILES string of the molecule is CCCNC1c2cc(F)cc(Br)c2CC1C. The summed E-state index contributed by atoms with van der Waals surface area (Å²) in [5.74, 6) is 0.391. The third kappa shape index (κ3) is 2.16. The number of rotatable bonds is 3. The lowest BCUT2D eigenvalue weighted by atomic mass is 10.0. The highest BCUT2D eigenvalue weighted by Crippen LogP contribution is 2.40. The van der Waals surface area contributed by atoms with Gasteiger partial charge in [-0.15, -0.1) is 0 Å². The molecule has 16 heavy (non-hydrogen) atoms. The van der Waals surface area contributed by atoms with E-state index >= 15 is 0 Å². The Morgan fingerprint density at radius 1 is 1.50 bits per heavy atom. The Balaban J connectivity index is 2.32. The summed E-state index contributed by atoms with van der Waals surface area (Å²) >= 11 is 3.45. The maximum Gasteiger partial charge on any atom is 0.124 e. The summed E-state index contributed by atoms with van der Waals surface area (Å²) in [6.45, 7) is 5.36. The maximum atomic E-state index is 13.4. The average molecular weight is 286 g/mol. The number of halogens is 2. The smallest absolute Gasteiger partial charge is 0.124 e. The minimum absolute atomic E-state index is 0.150. The van der Waals surface area contributed by atoms with Crippen molar-refractivity contribution in [3.05, 3.63) is 33.5 Å². The predicted octanol–water partition coefficient (Wildman–Crippen LogP) is 3.82. The molecule has 1 aromatic rings. The van der Waals surface area contributed by atoms with Gasteiger partial charge in [0.25, 0.3) is 0 Å². The van der Waals surface area contributed by atoms with Gasteiger partial charge in [0, 0.05) is 10.5 Å². The molecule has 2 unspecified atom stereocenters. The number of benzene rings is 1. The van der Waals surface area contributed by atoms with Crippen molar-refractivity contribution in [1.29, 1.82) is 0 Å². The van der Waals surface area contributed by atoms with Crippen LogP contribution in [0, 0.1) is 11.7 Å². The lowest BCUT2D eigenvalue weighted by Gasteiger charge is -2.18. The molecule has 0 aliphatic heterocycles. The van der Waals surface area contributed by atoms with Crippen LogP contribution in [0.3, 0.4) is 0 Å². The van der Waals surface area contributed by atoms with E-state index in [1.165, 1.54) is 5.56 Å². The van der Waals surface area contributed by atoms with Crippen LogP contribution < -0.4 is 5.32 Å². The van der Waals surface area contributed by atoms with Crippen LogP contribution in [-0.4, -0.2) is 6.54 Å². The van der Waals surface area contributed by atoms with Gasteiger partial charge in [-0.25, -0.2) is 4.39 Å². The van der Waals surface area contributed by atoms with Crippen molar-refractivity contribution in [3.63, 3.8) is 0 Å². The topological polar surface area (TPSA) is 12.0 Å². The van der Waals surface area contributed by atoms with Crippen molar-refractivity contribution in [2.45, 2.75) is 32.7 Å². The number of hydrogen-bond acceptors (Lipinski definition) is 1. The van der Waals surface area contributed by atoms with Crippen molar-refractivity contribution < 1.29 is 4.39 Å². The maximum absolute atomic E-state index is 13.4. The summed E-state index contributed by atoms with van der Waals surface area (Å²) in [5, 5.41) is 3.50. The minimum Gasteiger partial charge on any atom is -0.310 e.